The molecule has 4 aromatic carbocycles. The third kappa shape index (κ3) is 8.81. The van der Waals surface area contributed by atoms with Gasteiger partial charge in [0.05, 0.1) is 10.6 Å². The number of nitrogens with zero attached hydrogens (tertiary/aromatic N) is 2. The van der Waals surface area contributed by atoms with Gasteiger partial charge in [-0.25, -0.2) is 12.8 Å². The number of rotatable bonds is 13. The van der Waals surface area contributed by atoms with Crippen molar-refractivity contribution in [2.24, 2.45) is 0 Å². The van der Waals surface area contributed by atoms with Crippen LogP contribution < -0.4 is 9.62 Å². The normalized spacial score (nSPS) is 12.2. The Morgan fingerprint density at radius 1 is 0.783 bits per heavy atom. The highest BCUT2D eigenvalue weighted by Gasteiger charge is 2.35. The fraction of sp³-hybridized carbons (Fsp3) is 0.297. The van der Waals surface area contributed by atoms with Crippen molar-refractivity contribution in [1.29, 1.82) is 0 Å². The molecule has 0 saturated carbocycles. The quantitative estimate of drug-likeness (QED) is 0.178. The molecule has 7 nitrogen and oxygen atoms in total. The average molecular weight is 644 g/mol. The molecule has 0 spiro atoms. The summed E-state index contributed by atoms with van der Waals surface area (Å²) in [6.45, 7) is 9.03. The molecule has 1 atom stereocenters. The lowest BCUT2D eigenvalue weighted by atomic mass is 10.0. The zero-order valence-corrected chi connectivity index (χ0v) is 27.8. The summed E-state index contributed by atoms with van der Waals surface area (Å²) >= 11 is 0. The van der Waals surface area contributed by atoms with Crippen LogP contribution in [-0.4, -0.2) is 43.8 Å². The van der Waals surface area contributed by atoms with Gasteiger partial charge in [-0.05, 0) is 79.8 Å². The van der Waals surface area contributed by atoms with E-state index >= 15 is 0 Å². The first-order chi connectivity index (χ1) is 21.8. The second-order valence-corrected chi connectivity index (χ2v) is 14.0. The molecule has 2 amide bonds. The summed E-state index contributed by atoms with van der Waals surface area (Å²) in [6.07, 6.45) is 0.195. The van der Waals surface area contributed by atoms with Gasteiger partial charge in [0.15, 0.2) is 0 Å². The first-order valence-electron chi connectivity index (χ1n) is 15.4. The predicted molar refractivity (Wildman–Crippen MR) is 180 cm³/mol. The maximum atomic E-state index is 14.5. The summed E-state index contributed by atoms with van der Waals surface area (Å²) in [6, 6.07) is 27.4. The van der Waals surface area contributed by atoms with E-state index in [0.717, 1.165) is 21.0 Å². The predicted octanol–water partition coefficient (Wildman–Crippen LogP) is 6.62. The summed E-state index contributed by atoms with van der Waals surface area (Å²) in [4.78, 5) is 29.7. The van der Waals surface area contributed by atoms with Gasteiger partial charge in [0.2, 0.25) is 11.8 Å². The first-order valence-corrected chi connectivity index (χ1v) is 16.9. The molecule has 1 N–H and O–H groups in total. The van der Waals surface area contributed by atoms with E-state index in [9.17, 15) is 22.4 Å². The Kier molecular flexibility index (Phi) is 11.4. The van der Waals surface area contributed by atoms with Crippen LogP contribution in [0.25, 0.3) is 0 Å². The Bertz CT molecular complexity index is 1710. The highest BCUT2D eigenvalue weighted by molar-refractivity contribution is 7.92. The third-order valence-electron chi connectivity index (χ3n) is 7.70. The van der Waals surface area contributed by atoms with Gasteiger partial charge in [-0.15, -0.1) is 0 Å². The van der Waals surface area contributed by atoms with Crippen LogP contribution in [0.15, 0.2) is 108 Å². The van der Waals surface area contributed by atoms with Crippen LogP contribution in [0.3, 0.4) is 0 Å². The van der Waals surface area contributed by atoms with Crippen LogP contribution in [0, 0.1) is 12.7 Å². The van der Waals surface area contributed by atoms with E-state index in [1.807, 2.05) is 77.1 Å². The molecule has 4 rings (SSSR count). The SMILES string of the molecule is Cc1ccc(S(=O)(=O)N(CC(=O)N(Cc2ccc(F)cc2)[C@H](Cc2ccccc2)C(=O)NC(C)C)c2ccc(C(C)C)cc2)cc1. The van der Waals surface area contributed by atoms with Crippen molar-refractivity contribution in [2.75, 3.05) is 10.8 Å². The molecular formula is C37H42FN3O4S. The number of sulfonamides is 1. The summed E-state index contributed by atoms with van der Waals surface area (Å²) in [7, 11) is -4.20. The molecular weight excluding hydrogens is 601 g/mol. The number of carbonyl (C=O) groups is 2. The van der Waals surface area contributed by atoms with Gasteiger partial charge in [-0.2, -0.15) is 0 Å². The van der Waals surface area contributed by atoms with Gasteiger partial charge < -0.3 is 10.2 Å². The molecule has 46 heavy (non-hydrogen) atoms. The number of nitrogens with one attached hydrogen (secondary N) is 1. The molecule has 9 heteroatoms. The van der Waals surface area contributed by atoms with E-state index in [1.165, 1.54) is 29.2 Å². The van der Waals surface area contributed by atoms with E-state index in [1.54, 1.807) is 36.4 Å². The zero-order chi connectivity index (χ0) is 33.4. The third-order valence-corrected chi connectivity index (χ3v) is 9.49. The Morgan fingerprint density at radius 2 is 1.39 bits per heavy atom. The van der Waals surface area contributed by atoms with Gasteiger partial charge in [-0.1, -0.05) is 86.1 Å². The largest absolute Gasteiger partial charge is 0.352 e. The Morgan fingerprint density at radius 3 is 1.96 bits per heavy atom. The summed E-state index contributed by atoms with van der Waals surface area (Å²) < 4.78 is 43.3. The minimum atomic E-state index is -4.20. The highest BCUT2D eigenvalue weighted by atomic mass is 32.2. The topological polar surface area (TPSA) is 86.8 Å². The van der Waals surface area contributed by atoms with Crippen molar-refractivity contribution in [3.63, 3.8) is 0 Å². The maximum absolute atomic E-state index is 14.5. The van der Waals surface area contributed by atoms with Crippen molar-refractivity contribution in [3.05, 3.63) is 131 Å². The van der Waals surface area contributed by atoms with Gasteiger partial charge in [0, 0.05) is 19.0 Å². The summed E-state index contributed by atoms with van der Waals surface area (Å²) in [5.74, 6) is -1.15. The number of hydrogen-bond acceptors (Lipinski definition) is 4. The fourth-order valence-corrected chi connectivity index (χ4v) is 6.53. The number of halogens is 1. The Labute approximate surface area is 272 Å². The van der Waals surface area contributed by atoms with Crippen LogP contribution in [0.5, 0.6) is 0 Å². The fourth-order valence-electron chi connectivity index (χ4n) is 5.11. The number of benzene rings is 4. The monoisotopic (exact) mass is 643 g/mol. The van der Waals surface area contributed by atoms with E-state index in [-0.39, 0.29) is 35.7 Å². The van der Waals surface area contributed by atoms with Crippen molar-refractivity contribution >= 4 is 27.5 Å². The van der Waals surface area contributed by atoms with Gasteiger partial charge in [-0.3, -0.25) is 13.9 Å². The lowest BCUT2D eigenvalue weighted by Crippen LogP contribution is -2.54. The molecule has 4 aromatic rings. The Hall–Kier alpha value is -4.50. The molecule has 0 fully saturated rings. The maximum Gasteiger partial charge on any atom is 0.264 e. The van der Waals surface area contributed by atoms with Crippen molar-refractivity contribution in [3.8, 4) is 0 Å². The van der Waals surface area contributed by atoms with Crippen LogP contribution in [-0.2, 0) is 32.6 Å². The molecule has 0 aliphatic carbocycles. The number of carbonyl (C=O) groups excluding carboxylic acids is 2. The Balaban J connectivity index is 1.81. The minimum Gasteiger partial charge on any atom is -0.352 e. The molecule has 0 bridgehead atoms. The van der Waals surface area contributed by atoms with Gasteiger partial charge >= 0.3 is 0 Å². The smallest absolute Gasteiger partial charge is 0.264 e. The summed E-state index contributed by atoms with van der Waals surface area (Å²) in [5.41, 5.74) is 3.67. The second kappa shape index (κ2) is 15.2. The lowest BCUT2D eigenvalue weighted by molar-refractivity contribution is -0.140. The highest BCUT2D eigenvalue weighted by Crippen LogP contribution is 2.27. The molecule has 242 valence electrons. The van der Waals surface area contributed by atoms with E-state index < -0.39 is 34.3 Å². The van der Waals surface area contributed by atoms with Crippen LogP contribution in [0.4, 0.5) is 10.1 Å². The van der Waals surface area contributed by atoms with E-state index in [4.69, 9.17) is 0 Å². The van der Waals surface area contributed by atoms with E-state index in [0.29, 0.717) is 11.3 Å². The average Bonchev–Trinajstić information content (AvgIpc) is 3.02. The zero-order valence-electron chi connectivity index (χ0n) is 27.0. The molecule has 0 radical (unpaired) electrons. The second-order valence-electron chi connectivity index (χ2n) is 12.1. The number of hydrogen-bond donors (Lipinski definition) is 1. The summed E-state index contributed by atoms with van der Waals surface area (Å²) in [5, 5.41) is 2.93. The number of aryl methyl sites for hydroxylation is 1. The van der Waals surface area contributed by atoms with Crippen molar-refractivity contribution in [1.82, 2.24) is 10.2 Å². The van der Waals surface area contributed by atoms with Crippen LogP contribution in [0.1, 0.15) is 55.9 Å². The standard InChI is InChI=1S/C37H42FN3O4S/c1-26(2)31-15-19-33(20-16-31)41(46(44,45)34-21-11-28(5)12-22-34)25-36(42)40(24-30-13-17-32(38)18-14-30)35(37(43)39-27(3)4)23-29-9-7-6-8-10-29/h6-22,26-27,35H,23-25H2,1-5H3,(H,39,43)/t35-/m1/s1. The molecule has 0 saturated heterocycles. The van der Waals surface area contributed by atoms with Crippen LogP contribution >= 0.6 is 0 Å². The van der Waals surface area contributed by atoms with Gasteiger partial charge in [0.25, 0.3) is 10.0 Å². The van der Waals surface area contributed by atoms with Gasteiger partial charge in [0.1, 0.15) is 18.4 Å². The molecule has 0 aliphatic heterocycles. The minimum absolute atomic E-state index is 0.0349. The van der Waals surface area contributed by atoms with Crippen LogP contribution in [0.2, 0.25) is 0 Å². The molecule has 0 heterocycles. The van der Waals surface area contributed by atoms with Crippen molar-refractivity contribution in [2.45, 2.75) is 70.5 Å². The number of amides is 2. The molecule has 0 aliphatic rings. The molecule has 0 aromatic heterocycles. The van der Waals surface area contributed by atoms with Crippen molar-refractivity contribution < 1.29 is 22.4 Å². The lowest BCUT2D eigenvalue weighted by Gasteiger charge is -2.34. The number of anilines is 1. The first kappa shape index (κ1) is 34.4. The molecule has 0 unspecified atom stereocenters. The van der Waals surface area contributed by atoms with E-state index in [2.05, 4.69) is 5.32 Å².